The van der Waals surface area contributed by atoms with Crippen molar-refractivity contribution >= 4 is 23.2 Å². The molecule has 0 unspecified atom stereocenters. The van der Waals surface area contributed by atoms with E-state index in [0.717, 1.165) is 18.9 Å². The summed E-state index contributed by atoms with van der Waals surface area (Å²) in [7, 11) is 1.36. The molecule has 0 spiro atoms. The minimum Gasteiger partial charge on any atom is -0.493 e. The second kappa shape index (κ2) is 8.59. The first-order valence-electron chi connectivity index (χ1n) is 9.15. The first-order valence-corrected chi connectivity index (χ1v) is 9.15. The van der Waals surface area contributed by atoms with Crippen molar-refractivity contribution in [2.24, 2.45) is 0 Å². The molecular formula is C20H21N3O6. The van der Waals surface area contributed by atoms with E-state index in [4.69, 9.17) is 9.47 Å². The molecule has 0 heterocycles. The third-order valence-corrected chi connectivity index (χ3v) is 4.36. The maximum Gasteiger partial charge on any atom is 0.286 e. The van der Waals surface area contributed by atoms with Crippen molar-refractivity contribution in [1.82, 2.24) is 5.32 Å². The molecule has 1 aliphatic rings. The zero-order chi connectivity index (χ0) is 21.0. The number of carbonyl (C=O) groups excluding carboxylic acids is 2. The van der Waals surface area contributed by atoms with Crippen LogP contribution in [0.4, 0.5) is 11.4 Å². The third-order valence-electron chi connectivity index (χ3n) is 4.36. The molecule has 0 radical (unpaired) electrons. The number of anilines is 1. The summed E-state index contributed by atoms with van der Waals surface area (Å²) in [6.07, 6.45) is 1.86. The first kappa shape index (κ1) is 20.1. The van der Waals surface area contributed by atoms with Crippen molar-refractivity contribution in [3.8, 4) is 11.5 Å². The maximum atomic E-state index is 12.9. The average molecular weight is 399 g/mol. The molecule has 0 aliphatic heterocycles. The summed E-state index contributed by atoms with van der Waals surface area (Å²) < 4.78 is 10.5. The molecule has 0 atom stereocenters. The van der Waals surface area contributed by atoms with Gasteiger partial charge in [-0.1, -0.05) is 12.1 Å². The summed E-state index contributed by atoms with van der Waals surface area (Å²) in [5, 5.41) is 16.9. The largest absolute Gasteiger partial charge is 0.493 e. The number of hydrogen-bond donors (Lipinski definition) is 2. The average Bonchev–Trinajstić information content (AvgIpc) is 3.52. The van der Waals surface area contributed by atoms with Gasteiger partial charge in [0.05, 0.1) is 36.0 Å². The van der Waals surface area contributed by atoms with E-state index in [2.05, 4.69) is 10.6 Å². The van der Waals surface area contributed by atoms with Crippen LogP contribution in [0, 0.1) is 10.1 Å². The van der Waals surface area contributed by atoms with Gasteiger partial charge in [-0.15, -0.1) is 0 Å². The van der Waals surface area contributed by atoms with E-state index in [1.54, 1.807) is 31.2 Å². The van der Waals surface area contributed by atoms with Gasteiger partial charge in [0.2, 0.25) is 0 Å². The van der Waals surface area contributed by atoms with Crippen LogP contribution < -0.4 is 20.1 Å². The van der Waals surface area contributed by atoms with Crippen molar-refractivity contribution in [3.63, 3.8) is 0 Å². The SMILES string of the molecule is CCOc1cc(C(=O)Nc2ccccc2C(=O)NC2CC2)c([N+](=O)[O-])cc1OC. The van der Waals surface area contributed by atoms with Crippen LogP contribution in [0.15, 0.2) is 36.4 Å². The summed E-state index contributed by atoms with van der Waals surface area (Å²) in [6, 6.07) is 9.06. The summed E-state index contributed by atoms with van der Waals surface area (Å²) in [5.41, 5.74) is -0.0768. The van der Waals surface area contributed by atoms with Gasteiger partial charge < -0.3 is 20.1 Å². The predicted molar refractivity (Wildman–Crippen MR) is 106 cm³/mol. The number of nitrogens with zero attached hydrogens (tertiary/aromatic N) is 1. The molecule has 0 saturated heterocycles. The molecule has 1 aliphatic carbocycles. The fourth-order valence-corrected chi connectivity index (χ4v) is 2.78. The van der Waals surface area contributed by atoms with Gasteiger partial charge in [-0.3, -0.25) is 19.7 Å². The zero-order valence-corrected chi connectivity index (χ0v) is 16.1. The maximum absolute atomic E-state index is 12.9. The van der Waals surface area contributed by atoms with E-state index in [9.17, 15) is 19.7 Å². The van der Waals surface area contributed by atoms with Crippen molar-refractivity contribution < 1.29 is 24.0 Å². The van der Waals surface area contributed by atoms with E-state index in [-0.39, 0.29) is 40.3 Å². The molecule has 29 heavy (non-hydrogen) atoms. The van der Waals surface area contributed by atoms with E-state index in [0.29, 0.717) is 6.61 Å². The Balaban J connectivity index is 1.93. The number of nitro groups is 1. The molecule has 2 N–H and O–H groups in total. The van der Waals surface area contributed by atoms with Gasteiger partial charge in [0.25, 0.3) is 17.5 Å². The van der Waals surface area contributed by atoms with Crippen molar-refractivity contribution in [2.75, 3.05) is 19.0 Å². The lowest BCUT2D eigenvalue weighted by Gasteiger charge is -2.13. The Morgan fingerprint density at radius 3 is 2.48 bits per heavy atom. The van der Waals surface area contributed by atoms with E-state index >= 15 is 0 Å². The van der Waals surface area contributed by atoms with Crippen LogP contribution >= 0.6 is 0 Å². The van der Waals surface area contributed by atoms with Gasteiger partial charge in [-0.2, -0.15) is 0 Å². The number of carbonyl (C=O) groups is 2. The van der Waals surface area contributed by atoms with Crippen LogP contribution in [0.5, 0.6) is 11.5 Å². The molecule has 152 valence electrons. The smallest absolute Gasteiger partial charge is 0.286 e. The number of nitrogens with one attached hydrogen (secondary N) is 2. The van der Waals surface area contributed by atoms with Crippen LogP contribution in [0.2, 0.25) is 0 Å². The van der Waals surface area contributed by atoms with Crippen molar-refractivity contribution in [3.05, 3.63) is 57.6 Å². The van der Waals surface area contributed by atoms with Gasteiger partial charge >= 0.3 is 0 Å². The lowest BCUT2D eigenvalue weighted by Crippen LogP contribution is -2.27. The summed E-state index contributed by atoms with van der Waals surface area (Å²) in [4.78, 5) is 36.1. The van der Waals surface area contributed by atoms with Crippen molar-refractivity contribution in [2.45, 2.75) is 25.8 Å². The van der Waals surface area contributed by atoms with Crippen LogP contribution in [-0.2, 0) is 0 Å². The van der Waals surface area contributed by atoms with E-state index in [1.807, 2.05) is 0 Å². The second-order valence-corrected chi connectivity index (χ2v) is 6.46. The number of rotatable bonds is 8. The quantitative estimate of drug-likeness (QED) is 0.520. The standard InChI is InChI=1S/C20H21N3O6/c1-3-29-18-10-14(16(23(26)27)11-17(18)28-2)20(25)22-15-7-5-4-6-13(15)19(24)21-12-8-9-12/h4-7,10-12H,3,8-9H2,1-2H3,(H,21,24)(H,22,25). The summed E-state index contributed by atoms with van der Waals surface area (Å²) >= 11 is 0. The van der Waals surface area contributed by atoms with Crippen molar-refractivity contribution in [1.29, 1.82) is 0 Å². The Morgan fingerprint density at radius 2 is 1.86 bits per heavy atom. The minimum absolute atomic E-state index is 0.152. The number of amides is 2. The number of ether oxygens (including phenoxy) is 2. The molecule has 9 nitrogen and oxygen atoms in total. The van der Waals surface area contributed by atoms with E-state index in [1.165, 1.54) is 13.2 Å². The van der Waals surface area contributed by atoms with Crippen LogP contribution in [-0.4, -0.2) is 36.5 Å². The molecule has 1 fully saturated rings. The predicted octanol–water partition coefficient (Wildman–Crippen LogP) is 3.15. The Kier molecular flexibility index (Phi) is 5.96. The number of methoxy groups -OCH3 is 1. The second-order valence-electron chi connectivity index (χ2n) is 6.46. The van der Waals surface area contributed by atoms with Crippen LogP contribution in [0.3, 0.4) is 0 Å². The molecule has 1 saturated carbocycles. The third kappa shape index (κ3) is 4.63. The number of benzene rings is 2. The normalized spacial score (nSPS) is 12.8. The monoisotopic (exact) mass is 399 g/mol. The molecule has 9 heteroatoms. The first-order chi connectivity index (χ1) is 13.9. The van der Waals surface area contributed by atoms with Crippen LogP contribution in [0.1, 0.15) is 40.5 Å². The topological polar surface area (TPSA) is 120 Å². The van der Waals surface area contributed by atoms with E-state index < -0.39 is 16.5 Å². The van der Waals surface area contributed by atoms with Gasteiger partial charge in [0, 0.05) is 12.1 Å². The molecule has 0 aromatic heterocycles. The molecule has 2 aromatic rings. The molecule has 2 amide bonds. The van der Waals surface area contributed by atoms with Gasteiger partial charge in [-0.05, 0) is 31.9 Å². The lowest BCUT2D eigenvalue weighted by molar-refractivity contribution is -0.385. The Bertz CT molecular complexity index is 955. The number of nitro benzene ring substituents is 1. The highest BCUT2D eigenvalue weighted by Crippen LogP contribution is 2.35. The van der Waals surface area contributed by atoms with Gasteiger partial charge in [0.15, 0.2) is 11.5 Å². The molecule has 2 aromatic carbocycles. The van der Waals surface area contributed by atoms with Crippen LogP contribution in [0.25, 0.3) is 0 Å². The highest BCUT2D eigenvalue weighted by molar-refractivity contribution is 6.11. The summed E-state index contributed by atoms with van der Waals surface area (Å²) in [5.74, 6) is -0.667. The highest BCUT2D eigenvalue weighted by Gasteiger charge is 2.27. The number of para-hydroxylation sites is 1. The zero-order valence-electron chi connectivity index (χ0n) is 16.1. The Hall–Kier alpha value is -3.62. The summed E-state index contributed by atoms with van der Waals surface area (Å²) in [6.45, 7) is 2.04. The molecule has 0 bridgehead atoms. The fraction of sp³-hybridized carbons (Fsp3) is 0.300. The van der Waals surface area contributed by atoms with Gasteiger partial charge in [-0.25, -0.2) is 0 Å². The fourth-order valence-electron chi connectivity index (χ4n) is 2.78. The molecular weight excluding hydrogens is 378 g/mol. The lowest BCUT2D eigenvalue weighted by atomic mass is 10.1. The van der Waals surface area contributed by atoms with Gasteiger partial charge in [0.1, 0.15) is 5.56 Å². The highest BCUT2D eigenvalue weighted by atomic mass is 16.6. The Labute approximate surface area is 167 Å². The molecule has 3 rings (SSSR count). The Morgan fingerprint density at radius 1 is 1.14 bits per heavy atom. The number of hydrogen-bond acceptors (Lipinski definition) is 6. The minimum atomic E-state index is -0.730.